The molecule has 2 aromatic carbocycles. The number of thioether (sulfide) groups is 1. The molecule has 17 heavy (non-hydrogen) atoms. The zero-order valence-electron chi connectivity index (χ0n) is 9.47. The number of benzene rings is 2. The summed E-state index contributed by atoms with van der Waals surface area (Å²) in [6.45, 7) is 0.0547. The third-order valence-corrected chi connectivity index (χ3v) is 3.64. The van der Waals surface area contributed by atoms with Gasteiger partial charge in [0.05, 0.1) is 6.61 Å². The summed E-state index contributed by atoms with van der Waals surface area (Å²) in [5, 5.41) is 9.09. The Morgan fingerprint density at radius 3 is 2.47 bits per heavy atom. The van der Waals surface area contributed by atoms with E-state index >= 15 is 0 Å². The fourth-order valence-corrected chi connectivity index (χ4v) is 2.52. The number of aliphatic hydroxyl groups is 1. The van der Waals surface area contributed by atoms with Gasteiger partial charge in [-0.1, -0.05) is 36.4 Å². The van der Waals surface area contributed by atoms with E-state index in [-0.39, 0.29) is 6.61 Å². The molecule has 0 aliphatic carbocycles. The van der Waals surface area contributed by atoms with E-state index in [1.807, 2.05) is 36.4 Å². The van der Waals surface area contributed by atoms with Crippen LogP contribution in [0, 0.1) is 0 Å². The van der Waals surface area contributed by atoms with Crippen molar-refractivity contribution in [3.05, 3.63) is 59.7 Å². The van der Waals surface area contributed by atoms with Crippen molar-refractivity contribution in [1.82, 2.24) is 0 Å². The molecule has 0 aliphatic heterocycles. The van der Waals surface area contributed by atoms with Gasteiger partial charge in [-0.2, -0.15) is 0 Å². The third-order valence-electron chi connectivity index (χ3n) is 2.50. The molecular formula is C14H15NOS. The van der Waals surface area contributed by atoms with Crippen molar-refractivity contribution in [2.24, 2.45) is 0 Å². The van der Waals surface area contributed by atoms with Gasteiger partial charge in [-0.05, 0) is 23.3 Å². The summed E-state index contributed by atoms with van der Waals surface area (Å²) < 4.78 is 0. The van der Waals surface area contributed by atoms with Crippen LogP contribution in [0.15, 0.2) is 53.4 Å². The predicted octanol–water partition coefficient (Wildman–Crippen LogP) is 3.05. The third kappa shape index (κ3) is 3.25. The average Bonchev–Trinajstić information content (AvgIpc) is 2.39. The van der Waals surface area contributed by atoms with Crippen LogP contribution in [-0.2, 0) is 12.4 Å². The normalized spacial score (nSPS) is 10.4. The summed E-state index contributed by atoms with van der Waals surface area (Å²) in [5.41, 5.74) is 8.84. The lowest BCUT2D eigenvalue weighted by Crippen LogP contribution is -1.92. The molecule has 0 saturated heterocycles. The molecule has 2 nitrogen and oxygen atoms in total. The smallest absolute Gasteiger partial charge is 0.0682 e. The predicted molar refractivity (Wildman–Crippen MR) is 72.8 cm³/mol. The Kier molecular flexibility index (Phi) is 4.07. The van der Waals surface area contributed by atoms with Crippen LogP contribution in [0.5, 0.6) is 0 Å². The Morgan fingerprint density at radius 1 is 1.00 bits per heavy atom. The van der Waals surface area contributed by atoms with E-state index in [1.54, 1.807) is 11.8 Å². The molecule has 0 atom stereocenters. The maximum absolute atomic E-state index is 9.09. The lowest BCUT2D eigenvalue weighted by atomic mass is 10.2. The number of aliphatic hydroxyl groups excluding tert-OH is 1. The van der Waals surface area contributed by atoms with Gasteiger partial charge >= 0.3 is 0 Å². The van der Waals surface area contributed by atoms with Gasteiger partial charge in [0, 0.05) is 16.3 Å². The van der Waals surface area contributed by atoms with Crippen molar-refractivity contribution < 1.29 is 5.11 Å². The average molecular weight is 245 g/mol. The minimum atomic E-state index is 0.0547. The Balaban J connectivity index is 2.08. The van der Waals surface area contributed by atoms with Crippen LogP contribution >= 0.6 is 11.8 Å². The van der Waals surface area contributed by atoms with Crippen LogP contribution in [0.1, 0.15) is 11.1 Å². The first-order chi connectivity index (χ1) is 8.29. The maximum Gasteiger partial charge on any atom is 0.0682 e. The molecule has 0 spiro atoms. The van der Waals surface area contributed by atoms with Gasteiger partial charge in [0.2, 0.25) is 0 Å². The SMILES string of the molecule is Nc1ccc(CO)cc1SCc1ccccc1. The standard InChI is InChI=1S/C14H15NOS/c15-13-7-6-12(9-16)8-14(13)17-10-11-4-2-1-3-5-11/h1-8,16H,9-10,15H2. The maximum atomic E-state index is 9.09. The molecule has 0 aromatic heterocycles. The summed E-state index contributed by atoms with van der Waals surface area (Å²) in [6.07, 6.45) is 0. The van der Waals surface area contributed by atoms with Crippen molar-refractivity contribution in [2.75, 3.05) is 5.73 Å². The van der Waals surface area contributed by atoms with Crippen LogP contribution < -0.4 is 5.73 Å². The fourth-order valence-electron chi connectivity index (χ4n) is 1.54. The van der Waals surface area contributed by atoms with Gasteiger partial charge in [0.1, 0.15) is 0 Å². The van der Waals surface area contributed by atoms with Crippen LogP contribution in [0.25, 0.3) is 0 Å². The molecule has 0 radical (unpaired) electrons. The molecule has 2 rings (SSSR count). The Bertz CT molecular complexity index is 485. The van der Waals surface area contributed by atoms with E-state index in [4.69, 9.17) is 10.8 Å². The Labute approximate surface area is 105 Å². The lowest BCUT2D eigenvalue weighted by Gasteiger charge is -2.07. The van der Waals surface area contributed by atoms with E-state index < -0.39 is 0 Å². The van der Waals surface area contributed by atoms with Crippen LogP contribution in [0.3, 0.4) is 0 Å². The highest BCUT2D eigenvalue weighted by Gasteiger charge is 2.02. The monoisotopic (exact) mass is 245 g/mol. The highest BCUT2D eigenvalue weighted by molar-refractivity contribution is 7.98. The molecule has 0 bridgehead atoms. The molecule has 88 valence electrons. The summed E-state index contributed by atoms with van der Waals surface area (Å²) >= 11 is 1.69. The van der Waals surface area contributed by atoms with E-state index in [0.29, 0.717) is 0 Å². The van der Waals surface area contributed by atoms with Crippen LogP contribution in [0.4, 0.5) is 5.69 Å². The zero-order valence-corrected chi connectivity index (χ0v) is 10.3. The fraction of sp³-hybridized carbons (Fsp3) is 0.143. The number of anilines is 1. The first-order valence-electron chi connectivity index (χ1n) is 5.45. The van der Waals surface area contributed by atoms with Crippen molar-refractivity contribution in [2.45, 2.75) is 17.3 Å². The molecule has 3 heteroatoms. The summed E-state index contributed by atoms with van der Waals surface area (Å²) in [7, 11) is 0. The van der Waals surface area contributed by atoms with Crippen molar-refractivity contribution >= 4 is 17.4 Å². The quantitative estimate of drug-likeness (QED) is 0.643. The molecule has 3 N–H and O–H groups in total. The van der Waals surface area contributed by atoms with Gasteiger partial charge in [0.15, 0.2) is 0 Å². The topological polar surface area (TPSA) is 46.2 Å². The highest BCUT2D eigenvalue weighted by Crippen LogP contribution is 2.29. The number of nitrogen functional groups attached to an aromatic ring is 1. The molecule has 0 unspecified atom stereocenters. The molecular weight excluding hydrogens is 230 g/mol. The molecule has 0 amide bonds. The summed E-state index contributed by atoms with van der Waals surface area (Å²) in [5.74, 6) is 0.889. The number of hydrogen-bond acceptors (Lipinski definition) is 3. The van der Waals surface area contributed by atoms with Gasteiger partial charge in [-0.25, -0.2) is 0 Å². The Hall–Kier alpha value is -1.45. The second-order valence-electron chi connectivity index (χ2n) is 3.80. The number of rotatable bonds is 4. The van der Waals surface area contributed by atoms with Crippen LogP contribution in [-0.4, -0.2) is 5.11 Å². The van der Waals surface area contributed by atoms with E-state index in [0.717, 1.165) is 21.9 Å². The van der Waals surface area contributed by atoms with Gasteiger partial charge < -0.3 is 10.8 Å². The van der Waals surface area contributed by atoms with Gasteiger partial charge in [-0.15, -0.1) is 11.8 Å². The molecule has 0 aliphatic rings. The van der Waals surface area contributed by atoms with E-state index in [1.165, 1.54) is 5.56 Å². The highest BCUT2D eigenvalue weighted by atomic mass is 32.2. The molecule has 0 saturated carbocycles. The van der Waals surface area contributed by atoms with Crippen molar-refractivity contribution in [3.63, 3.8) is 0 Å². The lowest BCUT2D eigenvalue weighted by molar-refractivity contribution is 0.281. The minimum absolute atomic E-state index is 0.0547. The molecule has 0 heterocycles. The first kappa shape index (κ1) is 12.0. The number of hydrogen-bond donors (Lipinski definition) is 2. The zero-order chi connectivity index (χ0) is 12.1. The number of nitrogens with two attached hydrogens (primary N) is 1. The second kappa shape index (κ2) is 5.75. The van der Waals surface area contributed by atoms with Gasteiger partial charge in [0.25, 0.3) is 0 Å². The summed E-state index contributed by atoms with van der Waals surface area (Å²) in [4.78, 5) is 1.03. The second-order valence-corrected chi connectivity index (χ2v) is 4.82. The van der Waals surface area contributed by atoms with Crippen molar-refractivity contribution in [1.29, 1.82) is 0 Å². The molecule has 0 fully saturated rings. The largest absolute Gasteiger partial charge is 0.398 e. The van der Waals surface area contributed by atoms with E-state index in [2.05, 4.69) is 12.1 Å². The summed E-state index contributed by atoms with van der Waals surface area (Å²) in [6, 6.07) is 15.9. The van der Waals surface area contributed by atoms with Gasteiger partial charge in [-0.3, -0.25) is 0 Å². The van der Waals surface area contributed by atoms with E-state index in [9.17, 15) is 0 Å². The first-order valence-corrected chi connectivity index (χ1v) is 6.44. The molecule has 2 aromatic rings. The van der Waals surface area contributed by atoms with Crippen LogP contribution in [0.2, 0.25) is 0 Å². The Morgan fingerprint density at radius 2 is 1.76 bits per heavy atom. The van der Waals surface area contributed by atoms with Crippen molar-refractivity contribution in [3.8, 4) is 0 Å². The minimum Gasteiger partial charge on any atom is -0.398 e.